The second kappa shape index (κ2) is 3.32. The summed E-state index contributed by atoms with van der Waals surface area (Å²) in [6, 6.07) is 0.611. The van der Waals surface area contributed by atoms with Crippen LogP contribution < -0.4 is 5.32 Å². The summed E-state index contributed by atoms with van der Waals surface area (Å²) in [6.45, 7) is 5.35. The molecule has 0 spiro atoms. The maximum atomic E-state index is 9.70. The van der Waals surface area contributed by atoms with Gasteiger partial charge in [0.15, 0.2) is 0 Å². The Labute approximate surface area is 73.8 Å². The topological polar surface area (TPSA) is 35.5 Å². The van der Waals surface area contributed by atoms with E-state index < -0.39 is 0 Å². The Morgan fingerprint density at radius 1 is 1.58 bits per heavy atom. The number of rotatable bonds is 2. The zero-order valence-electron chi connectivity index (χ0n) is 7.66. The molecule has 0 radical (unpaired) electrons. The summed E-state index contributed by atoms with van der Waals surface area (Å²) < 4.78 is 0. The van der Waals surface area contributed by atoms with Gasteiger partial charge in [-0.2, -0.15) is 0 Å². The molecule has 2 saturated heterocycles. The molecule has 2 N–H and O–H groups in total. The van der Waals surface area contributed by atoms with Crippen molar-refractivity contribution in [2.45, 2.75) is 32.0 Å². The lowest BCUT2D eigenvalue weighted by Gasteiger charge is -2.27. The second-order valence-electron chi connectivity index (χ2n) is 3.90. The van der Waals surface area contributed by atoms with Crippen molar-refractivity contribution in [3.05, 3.63) is 0 Å². The summed E-state index contributed by atoms with van der Waals surface area (Å²) in [4.78, 5) is 2.25. The highest BCUT2D eigenvalue weighted by Gasteiger charge is 2.39. The molecule has 3 heteroatoms. The molecule has 0 aromatic rings. The lowest BCUT2D eigenvalue weighted by molar-refractivity contribution is -0.00670. The van der Waals surface area contributed by atoms with Crippen LogP contribution in [0, 0.1) is 5.92 Å². The summed E-state index contributed by atoms with van der Waals surface area (Å²) in [5.74, 6) is 0.797. The minimum Gasteiger partial charge on any atom is -0.378 e. The average Bonchev–Trinajstić information content (AvgIpc) is 2.62. The van der Waals surface area contributed by atoms with E-state index in [9.17, 15) is 5.11 Å². The number of aliphatic hydroxyl groups excluding tert-OH is 1. The molecule has 0 aliphatic carbocycles. The Bertz CT molecular complexity index is 163. The van der Waals surface area contributed by atoms with Crippen LogP contribution in [-0.2, 0) is 0 Å². The van der Waals surface area contributed by atoms with Crippen LogP contribution in [-0.4, -0.2) is 41.9 Å². The van der Waals surface area contributed by atoms with E-state index in [4.69, 9.17) is 0 Å². The van der Waals surface area contributed by atoms with E-state index in [1.54, 1.807) is 0 Å². The van der Waals surface area contributed by atoms with Gasteiger partial charge in [0.2, 0.25) is 0 Å². The highest BCUT2D eigenvalue weighted by atomic mass is 16.3. The third-order valence-electron chi connectivity index (χ3n) is 3.24. The number of fused-ring (bicyclic) bond motifs is 1. The van der Waals surface area contributed by atoms with Gasteiger partial charge in [0, 0.05) is 19.1 Å². The van der Waals surface area contributed by atoms with Gasteiger partial charge in [-0.05, 0) is 25.3 Å². The van der Waals surface area contributed by atoms with Crippen molar-refractivity contribution in [3.8, 4) is 0 Å². The molecule has 12 heavy (non-hydrogen) atoms. The predicted octanol–water partition coefficient (Wildman–Crippen LogP) is 0.00850. The highest BCUT2D eigenvalue weighted by Crippen LogP contribution is 2.28. The smallest absolute Gasteiger partial charge is 0.107 e. The first-order valence-corrected chi connectivity index (χ1v) is 4.97. The molecule has 3 nitrogen and oxygen atoms in total. The molecule has 2 rings (SSSR count). The zero-order chi connectivity index (χ0) is 8.55. The zero-order valence-corrected chi connectivity index (χ0v) is 7.66. The molecule has 0 saturated carbocycles. The van der Waals surface area contributed by atoms with Gasteiger partial charge in [-0.15, -0.1) is 0 Å². The molecule has 0 amide bonds. The van der Waals surface area contributed by atoms with Crippen molar-refractivity contribution in [1.82, 2.24) is 10.2 Å². The number of likely N-dealkylation sites (tertiary alicyclic amines) is 1. The van der Waals surface area contributed by atoms with Crippen molar-refractivity contribution in [3.63, 3.8) is 0 Å². The first-order valence-electron chi connectivity index (χ1n) is 4.97. The monoisotopic (exact) mass is 170 g/mol. The second-order valence-corrected chi connectivity index (χ2v) is 3.90. The summed E-state index contributed by atoms with van der Waals surface area (Å²) in [5.41, 5.74) is 0. The third kappa shape index (κ3) is 1.26. The summed E-state index contributed by atoms with van der Waals surface area (Å²) in [5, 5.41) is 13.1. The lowest BCUT2D eigenvalue weighted by atomic mass is 10.1. The van der Waals surface area contributed by atoms with Gasteiger partial charge in [0.05, 0.1) is 0 Å². The molecule has 3 unspecified atom stereocenters. The van der Waals surface area contributed by atoms with E-state index >= 15 is 0 Å². The van der Waals surface area contributed by atoms with Crippen LogP contribution in [0.4, 0.5) is 0 Å². The minimum atomic E-state index is -0.208. The fourth-order valence-corrected chi connectivity index (χ4v) is 2.49. The molecule has 2 heterocycles. The maximum absolute atomic E-state index is 9.70. The van der Waals surface area contributed by atoms with Crippen LogP contribution in [0.5, 0.6) is 0 Å². The molecule has 2 aliphatic heterocycles. The van der Waals surface area contributed by atoms with Gasteiger partial charge < -0.3 is 10.4 Å². The number of nitrogens with one attached hydrogen (secondary N) is 1. The van der Waals surface area contributed by atoms with Crippen molar-refractivity contribution >= 4 is 0 Å². The van der Waals surface area contributed by atoms with Crippen molar-refractivity contribution in [2.75, 3.05) is 19.6 Å². The van der Waals surface area contributed by atoms with E-state index in [-0.39, 0.29) is 6.23 Å². The Hall–Kier alpha value is -0.120. The van der Waals surface area contributed by atoms with E-state index in [0.29, 0.717) is 6.04 Å². The van der Waals surface area contributed by atoms with Gasteiger partial charge >= 0.3 is 0 Å². The minimum absolute atomic E-state index is 0.208. The molecule has 70 valence electrons. The van der Waals surface area contributed by atoms with Crippen molar-refractivity contribution < 1.29 is 5.11 Å². The first kappa shape index (κ1) is 8.48. The van der Waals surface area contributed by atoms with E-state index in [0.717, 1.165) is 32.0 Å². The number of hydrogen-bond donors (Lipinski definition) is 2. The molecular weight excluding hydrogens is 152 g/mol. The molecule has 2 fully saturated rings. The van der Waals surface area contributed by atoms with Crippen LogP contribution >= 0.6 is 0 Å². The molecule has 3 atom stereocenters. The van der Waals surface area contributed by atoms with Crippen LogP contribution in [0.15, 0.2) is 0 Å². The summed E-state index contributed by atoms with van der Waals surface area (Å²) in [6.07, 6.45) is 1.90. The fourth-order valence-electron chi connectivity index (χ4n) is 2.49. The van der Waals surface area contributed by atoms with E-state index in [1.807, 2.05) is 6.92 Å². The molecule has 0 aromatic carbocycles. The predicted molar refractivity (Wildman–Crippen MR) is 47.8 cm³/mol. The summed E-state index contributed by atoms with van der Waals surface area (Å²) >= 11 is 0. The Morgan fingerprint density at radius 3 is 3.17 bits per heavy atom. The Morgan fingerprint density at radius 2 is 2.42 bits per heavy atom. The SMILES string of the molecule is CCC(O)N1CCC2CNCC21. The summed E-state index contributed by atoms with van der Waals surface area (Å²) in [7, 11) is 0. The van der Waals surface area contributed by atoms with E-state index in [2.05, 4.69) is 10.2 Å². The normalized spacial score (nSPS) is 38.5. The maximum Gasteiger partial charge on any atom is 0.107 e. The first-order chi connectivity index (χ1) is 5.83. The van der Waals surface area contributed by atoms with Crippen LogP contribution in [0.3, 0.4) is 0 Å². The number of nitrogens with zero attached hydrogens (tertiary/aromatic N) is 1. The third-order valence-corrected chi connectivity index (χ3v) is 3.24. The quantitative estimate of drug-likeness (QED) is 0.613. The Balaban J connectivity index is 1.99. The fraction of sp³-hybridized carbons (Fsp3) is 1.00. The van der Waals surface area contributed by atoms with Gasteiger partial charge in [-0.1, -0.05) is 6.92 Å². The van der Waals surface area contributed by atoms with Gasteiger partial charge in [0.25, 0.3) is 0 Å². The van der Waals surface area contributed by atoms with E-state index in [1.165, 1.54) is 6.42 Å². The Kier molecular flexibility index (Phi) is 2.35. The van der Waals surface area contributed by atoms with Crippen LogP contribution in [0.2, 0.25) is 0 Å². The molecule has 0 aromatic heterocycles. The van der Waals surface area contributed by atoms with Crippen LogP contribution in [0.1, 0.15) is 19.8 Å². The highest BCUT2D eigenvalue weighted by molar-refractivity contribution is 4.94. The largest absolute Gasteiger partial charge is 0.378 e. The molecule has 0 bridgehead atoms. The average molecular weight is 170 g/mol. The molecular formula is C9H18N2O. The van der Waals surface area contributed by atoms with Crippen LogP contribution in [0.25, 0.3) is 0 Å². The van der Waals surface area contributed by atoms with Gasteiger partial charge in [0.1, 0.15) is 6.23 Å². The number of aliphatic hydroxyl groups is 1. The number of hydrogen-bond acceptors (Lipinski definition) is 3. The standard InChI is InChI=1S/C9H18N2O/c1-2-9(12)11-4-3-7-5-10-6-8(7)11/h7-10,12H,2-6H2,1H3. The van der Waals surface area contributed by atoms with Gasteiger partial charge in [-0.25, -0.2) is 0 Å². The van der Waals surface area contributed by atoms with Gasteiger partial charge in [-0.3, -0.25) is 4.90 Å². The van der Waals surface area contributed by atoms with Crippen molar-refractivity contribution in [1.29, 1.82) is 0 Å². The van der Waals surface area contributed by atoms with Crippen molar-refractivity contribution in [2.24, 2.45) is 5.92 Å². The molecule has 2 aliphatic rings. The lowest BCUT2D eigenvalue weighted by Crippen LogP contribution is -2.41.